The smallest absolute Gasteiger partial charge is 0.138 e. The summed E-state index contributed by atoms with van der Waals surface area (Å²) in [5.41, 5.74) is 1.17. The lowest BCUT2D eigenvalue weighted by molar-refractivity contribution is -0.135. The van der Waals surface area contributed by atoms with Crippen LogP contribution in [0.4, 0.5) is 0 Å². The highest BCUT2D eigenvalue weighted by molar-refractivity contribution is 5.82. The maximum Gasteiger partial charge on any atom is 0.138 e. The zero-order valence-corrected chi connectivity index (χ0v) is 10.6. The second-order valence-corrected chi connectivity index (χ2v) is 5.03. The van der Waals surface area contributed by atoms with Gasteiger partial charge in [-0.25, -0.2) is 0 Å². The van der Waals surface area contributed by atoms with Crippen molar-refractivity contribution in [2.45, 2.75) is 39.4 Å². The molecule has 17 heavy (non-hydrogen) atoms. The third-order valence-corrected chi connectivity index (χ3v) is 3.69. The van der Waals surface area contributed by atoms with Gasteiger partial charge in [0.25, 0.3) is 0 Å². The average molecular weight is 232 g/mol. The van der Waals surface area contributed by atoms with Crippen molar-refractivity contribution in [1.82, 2.24) is 0 Å². The van der Waals surface area contributed by atoms with Crippen molar-refractivity contribution < 1.29 is 9.53 Å². The summed E-state index contributed by atoms with van der Waals surface area (Å²) in [6.45, 7) is 4.78. The van der Waals surface area contributed by atoms with Crippen LogP contribution in [0, 0.1) is 11.8 Å². The van der Waals surface area contributed by atoms with E-state index in [1.807, 2.05) is 25.1 Å². The number of ketones is 1. The van der Waals surface area contributed by atoms with Gasteiger partial charge in [0.05, 0.1) is 12.7 Å². The molecule has 1 fully saturated rings. The van der Waals surface area contributed by atoms with Gasteiger partial charge in [-0.1, -0.05) is 44.2 Å². The normalized spacial score (nSPS) is 29.3. The Morgan fingerprint density at radius 1 is 1.24 bits per heavy atom. The zero-order valence-electron chi connectivity index (χ0n) is 10.6. The minimum Gasteiger partial charge on any atom is -0.373 e. The Labute approximate surface area is 103 Å². The van der Waals surface area contributed by atoms with Crippen LogP contribution in [0.5, 0.6) is 0 Å². The van der Waals surface area contributed by atoms with Crippen molar-refractivity contribution in [2.24, 2.45) is 11.8 Å². The molecule has 92 valence electrons. The molecule has 0 aliphatic heterocycles. The Kier molecular flexibility index (Phi) is 3.95. The second kappa shape index (κ2) is 5.46. The first-order valence-electron chi connectivity index (χ1n) is 6.36. The maximum absolute atomic E-state index is 11.7. The Balaban J connectivity index is 1.95. The van der Waals surface area contributed by atoms with Crippen molar-refractivity contribution in [3.05, 3.63) is 35.9 Å². The largest absolute Gasteiger partial charge is 0.373 e. The topological polar surface area (TPSA) is 26.3 Å². The molecule has 1 aromatic carbocycles. The molecule has 0 N–H and O–H groups in total. The summed E-state index contributed by atoms with van der Waals surface area (Å²) in [5.74, 6) is 0.870. The van der Waals surface area contributed by atoms with Crippen LogP contribution in [0.1, 0.15) is 32.3 Å². The summed E-state index contributed by atoms with van der Waals surface area (Å²) >= 11 is 0. The molecule has 2 nitrogen and oxygen atoms in total. The van der Waals surface area contributed by atoms with E-state index in [4.69, 9.17) is 4.74 Å². The minimum atomic E-state index is 0.0439. The molecule has 0 saturated heterocycles. The molecule has 2 heteroatoms. The van der Waals surface area contributed by atoms with Gasteiger partial charge < -0.3 is 4.74 Å². The van der Waals surface area contributed by atoms with Crippen LogP contribution in [0.25, 0.3) is 0 Å². The van der Waals surface area contributed by atoms with Crippen LogP contribution >= 0.6 is 0 Å². The molecule has 3 atom stereocenters. The molecule has 1 saturated carbocycles. The third-order valence-electron chi connectivity index (χ3n) is 3.69. The van der Waals surface area contributed by atoms with Crippen molar-refractivity contribution in [2.75, 3.05) is 0 Å². The van der Waals surface area contributed by atoms with Gasteiger partial charge in [-0.05, 0) is 17.9 Å². The fraction of sp³-hybridized carbons (Fsp3) is 0.533. The molecule has 0 radical (unpaired) electrons. The number of carbonyl (C=O) groups is 1. The van der Waals surface area contributed by atoms with E-state index in [0.29, 0.717) is 24.7 Å². The van der Waals surface area contributed by atoms with E-state index < -0.39 is 0 Å². The first-order chi connectivity index (χ1) is 8.18. The number of hydrogen-bond acceptors (Lipinski definition) is 2. The zero-order chi connectivity index (χ0) is 12.3. The van der Waals surface area contributed by atoms with E-state index in [-0.39, 0.29) is 12.0 Å². The fourth-order valence-corrected chi connectivity index (χ4v) is 2.51. The van der Waals surface area contributed by atoms with Crippen LogP contribution in [-0.2, 0) is 16.1 Å². The van der Waals surface area contributed by atoms with Crippen LogP contribution in [-0.4, -0.2) is 11.9 Å². The van der Waals surface area contributed by atoms with Gasteiger partial charge in [-0.3, -0.25) is 4.79 Å². The minimum absolute atomic E-state index is 0.0439. The molecule has 1 aliphatic rings. The summed E-state index contributed by atoms with van der Waals surface area (Å²) in [4.78, 5) is 11.7. The molecule has 0 spiro atoms. The predicted octanol–water partition coefficient (Wildman–Crippen LogP) is 3.21. The molecule has 1 aromatic rings. The van der Waals surface area contributed by atoms with Gasteiger partial charge in [0.1, 0.15) is 5.78 Å². The van der Waals surface area contributed by atoms with Crippen LogP contribution in [0.3, 0.4) is 0 Å². The molecule has 0 heterocycles. The quantitative estimate of drug-likeness (QED) is 0.800. The maximum atomic E-state index is 11.7. The molecule has 0 bridgehead atoms. The van der Waals surface area contributed by atoms with E-state index in [2.05, 4.69) is 19.1 Å². The highest BCUT2D eigenvalue weighted by atomic mass is 16.5. The first-order valence-corrected chi connectivity index (χ1v) is 6.36. The molecule has 0 unspecified atom stereocenters. The molecular weight excluding hydrogens is 212 g/mol. The standard InChI is InChI=1S/C15H20O2/c1-11-8-9-14(16)12(2)15(11)17-10-13-6-4-3-5-7-13/h3-7,11-12,15H,8-10H2,1-2H3/t11-,12-,15+/m0/s1. The molecular formula is C15H20O2. The Morgan fingerprint density at radius 3 is 2.65 bits per heavy atom. The average Bonchev–Trinajstić information content (AvgIpc) is 2.35. The van der Waals surface area contributed by atoms with E-state index in [1.165, 1.54) is 5.56 Å². The highest BCUT2D eigenvalue weighted by Gasteiger charge is 2.33. The summed E-state index contributed by atoms with van der Waals surface area (Å²) < 4.78 is 5.94. The Morgan fingerprint density at radius 2 is 1.94 bits per heavy atom. The summed E-state index contributed by atoms with van der Waals surface area (Å²) in [5, 5.41) is 0. The van der Waals surface area contributed by atoms with Gasteiger partial charge in [0.15, 0.2) is 0 Å². The number of carbonyl (C=O) groups excluding carboxylic acids is 1. The van der Waals surface area contributed by atoms with E-state index in [0.717, 1.165) is 6.42 Å². The van der Waals surface area contributed by atoms with Crippen LogP contribution in [0.2, 0.25) is 0 Å². The Hall–Kier alpha value is -1.15. The fourth-order valence-electron chi connectivity index (χ4n) is 2.51. The number of benzene rings is 1. The number of rotatable bonds is 3. The summed E-state index contributed by atoms with van der Waals surface area (Å²) in [6.07, 6.45) is 1.76. The number of Topliss-reactive ketones (excluding diaryl/α,β-unsaturated/α-hetero) is 1. The molecule has 0 amide bonds. The first kappa shape index (κ1) is 12.3. The number of hydrogen-bond donors (Lipinski definition) is 0. The van der Waals surface area contributed by atoms with Crippen LogP contribution < -0.4 is 0 Å². The van der Waals surface area contributed by atoms with Crippen molar-refractivity contribution in [3.8, 4) is 0 Å². The van der Waals surface area contributed by atoms with Crippen LogP contribution in [0.15, 0.2) is 30.3 Å². The highest BCUT2D eigenvalue weighted by Crippen LogP contribution is 2.29. The second-order valence-electron chi connectivity index (χ2n) is 5.03. The van der Waals surface area contributed by atoms with Gasteiger partial charge in [-0.2, -0.15) is 0 Å². The van der Waals surface area contributed by atoms with E-state index >= 15 is 0 Å². The Bertz CT molecular complexity index is 372. The summed E-state index contributed by atoms with van der Waals surface area (Å²) in [7, 11) is 0. The molecule has 0 aromatic heterocycles. The molecule has 1 aliphatic carbocycles. The van der Waals surface area contributed by atoms with Gasteiger partial charge >= 0.3 is 0 Å². The van der Waals surface area contributed by atoms with Crippen molar-refractivity contribution in [1.29, 1.82) is 0 Å². The molecule has 2 rings (SSSR count). The lowest BCUT2D eigenvalue weighted by atomic mass is 9.79. The third kappa shape index (κ3) is 2.95. The van der Waals surface area contributed by atoms with Crippen molar-refractivity contribution >= 4 is 5.78 Å². The van der Waals surface area contributed by atoms with Gasteiger partial charge in [0.2, 0.25) is 0 Å². The SMILES string of the molecule is C[C@H]1CCC(=O)[C@H](C)[C@@H]1OCc1ccccc1. The van der Waals surface area contributed by atoms with Gasteiger partial charge in [0, 0.05) is 12.3 Å². The monoisotopic (exact) mass is 232 g/mol. The predicted molar refractivity (Wildman–Crippen MR) is 67.6 cm³/mol. The van der Waals surface area contributed by atoms with Gasteiger partial charge in [-0.15, -0.1) is 0 Å². The lowest BCUT2D eigenvalue weighted by Crippen LogP contribution is -2.38. The lowest BCUT2D eigenvalue weighted by Gasteiger charge is -2.33. The van der Waals surface area contributed by atoms with E-state index in [1.54, 1.807) is 0 Å². The number of ether oxygens (including phenoxy) is 1. The van der Waals surface area contributed by atoms with Crippen molar-refractivity contribution in [3.63, 3.8) is 0 Å². The van der Waals surface area contributed by atoms with E-state index in [9.17, 15) is 4.79 Å². The summed E-state index contributed by atoms with van der Waals surface area (Å²) in [6, 6.07) is 10.1.